The van der Waals surface area contributed by atoms with Crippen LogP contribution in [0.25, 0.3) is 0 Å². The highest BCUT2D eigenvalue weighted by atomic mass is 16.2. The lowest BCUT2D eigenvalue weighted by atomic mass is 9.84. The van der Waals surface area contributed by atoms with Gasteiger partial charge in [-0.05, 0) is 63.2 Å². The van der Waals surface area contributed by atoms with Gasteiger partial charge < -0.3 is 15.5 Å². The van der Waals surface area contributed by atoms with E-state index in [1.54, 1.807) is 4.90 Å². The van der Waals surface area contributed by atoms with E-state index < -0.39 is 6.04 Å². The summed E-state index contributed by atoms with van der Waals surface area (Å²) in [5.41, 5.74) is 0.903. The van der Waals surface area contributed by atoms with E-state index in [4.69, 9.17) is 0 Å². The first-order chi connectivity index (χ1) is 12.1. The molecule has 1 aromatic rings. The summed E-state index contributed by atoms with van der Waals surface area (Å²) >= 11 is 0. The largest absolute Gasteiger partial charge is 0.344 e. The van der Waals surface area contributed by atoms with Gasteiger partial charge in [0.25, 0.3) is 0 Å². The number of amides is 2. The van der Waals surface area contributed by atoms with Crippen LogP contribution in [0, 0.1) is 11.8 Å². The maximum absolute atomic E-state index is 12.7. The van der Waals surface area contributed by atoms with Gasteiger partial charge in [0, 0.05) is 18.2 Å². The number of piperidine rings is 1. The Morgan fingerprint density at radius 1 is 1.28 bits per heavy atom. The maximum Gasteiger partial charge on any atom is 0.249 e. The minimum Gasteiger partial charge on any atom is -0.344 e. The molecule has 5 heteroatoms. The van der Waals surface area contributed by atoms with E-state index in [0.29, 0.717) is 24.7 Å². The van der Waals surface area contributed by atoms with Gasteiger partial charge in [-0.1, -0.05) is 25.1 Å². The van der Waals surface area contributed by atoms with Crippen LogP contribution in [-0.2, 0) is 9.59 Å². The first kappa shape index (κ1) is 17.9. The minimum atomic E-state index is -0.400. The number of anilines is 1. The fraction of sp³-hybridized carbons (Fsp3) is 0.600. The lowest BCUT2D eigenvalue weighted by Gasteiger charge is -2.28. The van der Waals surface area contributed by atoms with Crippen molar-refractivity contribution in [2.45, 2.75) is 51.6 Å². The standard InChI is InChI=1S/C20H29N3O2/c1-14(16-8-10-21-11-9-16)12-19(24)22-18-13-15(2)23(20(18)25)17-6-4-3-5-7-17/h3-7,14-16,18,21H,8-13H2,1-2H3,(H,22,24). The van der Waals surface area contributed by atoms with Crippen molar-refractivity contribution in [1.82, 2.24) is 10.6 Å². The fourth-order valence-corrected chi connectivity index (χ4v) is 4.15. The molecule has 0 radical (unpaired) electrons. The number of carbonyl (C=O) groups excluding carboxylic acids is 2. The highest BCUT2D eigenvalue weighted by Gasteiger charge is 2.38. The third kappa shape index (κ3) is 4.21. The van der Waals surface area contributed by atoms with E-state index in [9.17, 15) is 9.59 Å². The summed E-state index contributed by atoms with van der Waals surface area (Å²) in [4.78, 5) is 27.0. The summed E-state index contributed by atoms with van der Waals surface area (Å²) in [6, 6.07) is 9.39. The third-order valence-electron chi connectivity index (χ3n) is 5.62. The van der Waals surface area contributed by atoms with Crippen LogP contribution in [0.4, 0.5) is 5.69 Å². The van der Waals surface area contributed by atoms with Crippen LogP contribution in [0.1, 0.15) is 39.5 Å². The van der Waals surface area contributed by atoms with E-state index in [0.717, 1.165) is 31.6 Å². The predicted octanol–water partition coefficient (Wildman–Crippen LogP) is 2.32. The van der Waals surface area contributed by atoms with Crippen molar-refractivity contribution in [3.63, 3.8) is 0 Å². The van der Waals surface area contributed by atoms with Gasteiger partial charge in [0.05, 0.1) is 0 Å². The molecule has 3 rings (SSSR count). The smallest absolute Gasteiger partial charge is 0.249 e. The number of carbonyl (C=O) groups is 2. The predicted molar refractivity (Wildman–Crippen MR) is 99.3 cm³/mol. The van der Waals surface area contributed by atoms with E-state index in [-0.39, 0.29) is 17.9 Å². The molecular weight excluding hydrogens is 314 g/mol. The van der Waals surface area contributed by atoms with Gasteiger partial charge >= 0.3 is 0 Å². The van der Waals surface area contributed by atoms with Crippen LogP contribution in [0.2, 0.25) is 0 Å². The van der Waals surface area contributed by atoms with Gasteiger partial charge in [-0.15, -0.1) is 0 Å². The van der Waals surface area contributed by atoms with Gasteiger partial charge in [-0.25, -0.2) is 0 Å². The quantitative estimate of drug-likeness (QED) is 0.862. The van der Waals surface area contributed by atoms with Crippen molar-refractivity contribution in [3.8, 4) is 0 Å². The first-order valence-corrected chi connectivity index (χ1v) is 9.44. The molecule has 2 aliphatic heterocycles. The van der Waals surface area contributed by atoms with Crippen molar-refractivity contribution < 1.29 is 9.59 Å². The number of para-hydroxylation sites is 1. The summed E-state index contributed by atoms with van der Waals surface area (Å²) in [5.74, 6) is 0.973. The van der Waals surface area contributed by atoms with E-state index in [1.165, 1.54) is 0 Å². The normalized spacial score (nSPS) is 25.8. The second-order valence-corrected chi connectivity index (χ2v) is 7.52. The molecule has 2 aliphatic rings. The SMILES string of the molecule is CC(CC(=O)NC1CC(C)N(c2ccccc2)C1=O)C1CCNCC1. The summed E-state index contributed by atoms with van der Waals surface area (Å²) in [5, 5.41) is 6.35. The lowest BCUT2D eigenvalue weighted by molar-refractivity contribution is -0.127. The van der Waals surface area contributed by atoms with E-state index in [2.05, 4.69) is 17.6 Å². The molecule has 2 heterocycles. The van der Waals surface area contributed by atoms with Gasteiger partial charge in [-0.3, -0.25) is 9.59 Å². The van der Waals surface area contributed by atoms with Crippen LogP contribution >= 0.6 is 0 Å². The highest BCUT2D eigenvalue weighted by molar-refractivity contribution is 6.02. The molecule has 0 saturated carbocycles. The summed E-state index contributed by atoms with van der Waals surface area (Å²) in [6.07, 6.45) is 3.45. The number of benzene rings is 1. The molecule has 3 atom stereocenters. The maximum atomic E-state index is 12.7. The van der Waals surface area contributed by atoms with Gasteiger partial charge in [0.1, 0.15) is 6.04 Å². The van der Waals surface area contributed by atoms with Crippen LogP contribution in [-0.4, -0.2) is 37.0 Å². The van der Waals surface area contributed by atoms with E-state index >= 15 is 0 Å². The second-order valence-electron chi connectivity index (χ2n) is 7.52. The van der Waals surface area contributed by atoms with Crippen molar-refractivity contribution in [3.05, 3.63) is 30.3 Å². The third-order valence-corrected chi connectivity index (χ3v) is 5.62. The molecule has 0 aromatic heterocycles. The molecule has 2 fully saturated rings. The number of hydrogen-bond donors (Lipinski definition) is 2. The molecule has 0 aliphatic carbocycles. The zero-order chi connectivity index (χ0) is 17.8. The summed E-state index contributed by atoms with van der Waals surface area (Å²) in [7, 11) is 0. The van der Waals surface area contributed by atoms with Crippen LogP contribution in [0.5, 0.6) is 0 Å². The molecule has 0 bridgehead atoms. The average Bonchev–Trinajstić information content (AvgIpc) is 2.89. The van der Waals surface area contributed by atoms with Crippen molar-refractivity contribution in [2.24, 2.45) is 11.8 Å². The molecule has 3 unspecified atom stereocenters. The Morgan fingerprint density at radius 3 is 2.64 bits per heavy atom. The molecule has 0 spiro atoms. The summed E-state index contributed by atoms with van der Waals surface area (Å²) < 4.78 is 0. The Hall–Kier alpha value is -1.88. The van der Waals surface area contributed by atoms with Gasteiger partial charge in [0.2, 0.25) is 11.8 Å². The van der Waals surface area contributed by atoms with Gasteiger partial charge in [-0.2, -0.15) is 0 Å². The number of hydrogen-bond acceptors (Lipinski definition) is 3. The van der Waals surface area contributed by atoms with Crippen molar-refractivity contribution in [2.75, 3.05) is 18.0 Å². The van der Waals surface area contributed by atoms with Crippen LogP contribution in [0.3, 0.4) is 0 Å². The molecule has 2 saturated heterocycles. The Bertz CT molecular complexity index is 598. The number of nitrogens with one attached hydrogen (secondary N) is 2. The zero-order valence-electron chi connectivity index (χ0n) is 15.2. The Labute approximate surface area is 150 Å². The molecular formula is C20H29N3O2. The van der Waals surface area contributed by atoms with E-state index in [1.807, 2.05) is 37.3 Å². The highest BCUT2D eigenvalue weighted by Crippen LogP contribution is 2.27. The zero-order valence-corrected chi connectivity index (χ0v) is 15.2. The Morgan fingerprint density at radius 2 is 1.96 bits per heavy atom. The molecule has 2 amide bonds. The molecule has 136 valence electrons. The Balaban J connectivity index is 1.56. The lowest BCUT2D eigenvalue weighted by Crippen LogP contribution is -2.43. The van der Waals surface area contributed by atoms with Crippen molar-refractivity contribution >= 4 is 17.5 Å². The first-order valence-electron chi connectivity index (χ1n) is 9.44. The summed E-state index contributed by atoms with van der Waals surface area (Å²) in [6.45, 7) is 6.28. The second kappa shape index (κ2) is 8.00. The molecule has 2 N–H and O–H groups in total. The average molecular weight is 343 g/mol. The van der Waals surface area contributed by atoms with Crippen LogP contribution in [0.15, 0.2) is 30.3 Å². The molecule has 1 aromatic carbocycles. The number of nitrogens with zero attached hydrogens (tertiary/aromatic N) is 1. The Kier molecular flexibility index (Phi) is 5.74. The molecule has 25 heavy (non-hydrogen) atoms. The topological polar surface area (TPSA) is 61.4 Å². The van der Waals surface area contributed by atoms with Crippen molar-refractivity contribution in [1.29, 1.82) is 0 Å². The number of rotatable bonds is 5. The monoisotopic (exact) mass is 343 g/mol. The minimum absolute atomic E-state index is 0.00145. The van der Waals surface area contributed by atoms with Crippen LogP contribution < -0.4 is 15.5 Å². The fourth-order valence-electron chi connectivity index (χ4n) is 4.15. The molecule has 5 nitrogen and oxygen atoms in total. The van der Waals surface area contributed by atoms with Gasteiger partial charge in [0.15, 0.2) is 0 Å².